The lowest BCUT2D eigenvalue weighted by Gasteiger charge is -2.37. The van der Waals surface area contributed by atoms with Crippen molar-refractivity contribution in [3.05, 3.63) is 35.4 Å². The molecule has 1 aromatic carbocycles. The van der Waals surface area contributed by atoms with E-state index in [0.29, 0.717) is 0 Å². The van der Waals surface area contributed by atoms with Crippen LogP contribution in [-0.2, 0) is 11.0 Å². The number of aliphatic hydroxyl groups is 1. The summed E-state index contributed by atoms with van der Waals surface area (Å²) in [4.78, 5) is 24.6. The molecular formula is C14H15F3N2O3. The molecule has 0 saturated carbocycles. The molecule has 120 valence electrons. The van der Waals surface area contributed by atoms with Gasteiger partial charge in [-0.1, -0.05) is 12.1 Å². The summed E-state index contributed by atoms with van der Waals surface area (Å²) >= 11 is 0. The summed E-state index contributed by atoms with van der Waals surface area (Å²) in [6.07, 6.45) is -4.31. The van der Waals surface area contributed by atoms with Crippen LogP contribution in [0.5, 0.6) is 0 Å². The van der Waals surface area contributed by atoms with Crippen LogP contribution in [0.2, 0.25) is 0 Å². The predicted octanol–water partition coefficient (Wildman–Crippen LogP) is 1.16. The molecule has 1 atom stereocenters. The van der Waals surface area contributed by atoms with Crippen LogP contribution in [0, 0.1) is 0 Å². The van der Waals surface area contributed by atoms with Crippen molar-refractivity contribution < 1.29 is 27.9 Å². The number of carbonyl (C=O) groups is 2. The summed E-state index contributed by atoms with van der Waals surface area (Å²) in [5.41, 5.74) is 1.63. The third kappa shape index (κ3) is 3.06. The Morgan fingerprint density at radius 2 is 1.91 bits per heavy atom. The molecule has 2 rings (SSSR count). The van der Waals surface area contributed by atoms with Gasteiger partial charge >= 0.3 is 6.18 Å². The Bertz CT molecular complexity index is 603. The maximum Gasteiger partial charge on any atom is 0.417 e. The number of likely N-dealkylation sites (tertiary alicyclic amines) is 1. The molecule has 0 radical (unpaired) electrons. The number of rotatable bonds is 2. The van der Waals surface area contributed by atoms with Gasteiger partial charge in [-0.05, 0) is 25.0 Å². The molecule has 8 heteroatoms. The number of hydrogen-bond donors (Lipinski definition) is 2. The van der Waals surface area contributed by atoms with Crippen LogP contribution in [0.3, 0.4) is 0 Å². The summed E-state index contributed by atoms with van der Waals surface area (Å²) in [6, 6.07) is 4.41. The smallest absolute Gasteiger partial charge is 0.378 e. The first-order valence-corrected chi connectivity index (χ1v) is 6.63. The van der Waals surface area contributed by atoms with Gasteiger partial charge in [0, 0.05) is 6.54 Å². The van der Waals surface area contributed by atoms with Crippen molar-refractivity contribution in [1.29, 1.82) is 0 Å². The molecule has 0 bridgehead atoms. The zero-order chi connectivity index (χ0) is 16.5. The molecule has 1 aliphatic rings. The van der Waals surface area contributed by atoms with E-state index in [0.717, 1.165) is 17.0 Å². The van der Waals surface area contributed by atoms with Gasteiger partial charge in [-0.3, -0.25) is 9.59 Å². The maximum absolute atomic E-state index is 13.0. The minimum Gasteiger partial charge on any atom is -0.378 e. The molecule has 2 amide bonds. The van der Waals surface area contributed by atoms with Gasteiger partial charge in [-0.25, -0.2) is 0 Å². The summed E-state index contributed by atoms with van der Waals surface area (Å²) < 4.78 is 38.9. The Morgan fingerprint density at radius 3 is 2.50 bits per heavy atom. The van der Waals surface area contributed by atoms with Crippen molar-refractivity contribution in [2.24, 2.45) is 5.73 Å². The van der Waals surface area contributed by atoms with E-state index >= 15 is 0 Å². The summed E-state index contributed by atoms with van der Waals surface area (Å²) in [7, 11) is 0. The van der Waals surface area contributed by atoms with Crippen LogP contribution in [0.4, 0.5) is 13.2 Å². The highest BCUT2D eigenvalue weighted by Gasteiger charge is 2.42. The molecule has 1 heterocycles. The quantitative estimate of drug-likeness (QED) is 0.859. The monoisotopic (exact) mass is 316 g/mol. The lowest BCUT2D eigenvalue weighted by atomic mass is 9.91. The van der Waals surface area contributed by atoms with E-state index in [2.05, 4.69) is 0 Å². The second-order valence-corrected chi connectivity index (χ2v) is 5.27. The second kappa shape index (κ2) is 5.60. The van der Waals surface area contributed by atoms with Gasteiger partial charge in [-0.15, -0.1) is 0 Å². The first-order chi connectivity index (χ1) is 10.1. The predicted molar refractivity (Wildman–Crippen MR) is 70.7 cm³/mol. The summed E-state index contributed by atoms with van der Waals surface area (Å²) in [5, 5.41) is 10.1. The van der Waals surface area contributed by atoms with Gasteiger partial charge in [-0.2, -0.15) is 13.2 Å². The van der Waals surface area contributed by atoms with Gasteiger partial charge in [0.05, 0.1) is 17.7 Å². The summed E-state index contributed by atoms with van der Waals surface area (Å²) in [5.74, 6) is -1.87. The van der Waals surface area contributed by atoms with Gasteiger partial charge in [0.1, 0.15) is 0 Å². The van der Waals surface area contributed by atoms with Gasteiger partial charge in [0.25, 0.3) is 11.8 Å². The standard InChI is InChI=1S/C14H15F3N2O3/c15-14(16,17)10-5-2-1-4-9(10)11(20)19-7-3-6-13(22,8-19)12(18)21/h1-2,4-5,22H,3,6-8H2,(H2,18,21). The number of alkyl halides is 3. The van der Waals surface area contributed by atoms with E-state index in [1.54, 1.807) is 0 Å². The van der Waals surface area contributed by atoms with E-state index in [-0.39, 0.29) is 19.4 Å². The molecule has 1 fully saturated rings. The number of amides is 2. The molecule has 3 N–H and O–H groups in total. The number of primary amides is 1. The Labute approximate surface area is 124 Å². The molecule has 1 aromatic rings. The van der Waals surface area contributed by atoms with Crippen molar-refractivity contribution in [2.45, 2.75) is 24.6 Å². The van der Waals surface area contributed by atoms with Crippen LogP contribution in [0.15, 0.2) is 24.3 Å². The number of β-amino-alcohol motifs (C(OH)–C–C–N with tert-alkyl or cyclic N) is 1. The highest BCUT2D eigenvalue weighted by molar-refractivity contribution is 5.96. The van der Waals surface area contributed by atoms with Crippen LogP contribution in [0.25, 0.3) is 0 Å². The largest absolute Gasteiger partial charge is 0.417 e. The number of piperidine rings is 1. The SMILES string of the molecule is NC(=O)C1(O)CCCN(C(=O)c2ccccc2C(F)(F)F)C1. The Morgan fingerprint density at radius 1 is 1.27 bits per heavy atom. The maximum atomic E-state index is 13.0. The molecule has 0 aromatic heterocycles. The van der Waals surface area contributed by atoms with E-state index in [4.69, 9.17) is 5.73 Å². The topological polar surface area (TPSA) is 83.6 Å². The fourth-order valence-electron chi connectivity index (χ4n) is 2.50. The average Bonchev–Trinajstić information content (AvgIpc) is 2.45. The lowest BCUT2D eigenvalue weighted by Crippen LogP contribution is -2.57. The number of nitrogens with two attached hydrogens (primary N) is 1. The minimum atomic E-state index is -4.66. The zero-order valence-electron chi connectivity index (χ0n) is 11.6. The third-order valence-corrected chi connectivity index (χ3v) is 3.68. The number of benzene rings is 1. The molecule has 0 spiro atoms. The van der Waals surface area contributed by atoms with Crippen molar-refractivity contribution in [3.63, 3.8) is 0 Å². The first-order valence-electron chi connectivity index (χ1n) is 6.63. The Kier molecular flexibility index (Phi) is 4.15. The van der Waals surface area contributed by atoms with Crippen LogP contribution < -0.4 is 5.73 Å². The van der Waals surface area contributed by atoms with Gasteiger partial charge < -0.3 is 15.7 Å². The van der Waals surface area contributed by atoms with Crippen molar-refractivity contribution >= 4 is 11.8 Å². The Balaban J connectivity index is 2.31. The fraction of sp³-hybridized carbons (Fsp3) is 0.429. The van der Waals surface area contributed by atoms with Crippen molar-refractivity contribution in [2.75, 3.05) is 13.1 Å². The minimum absolute atomic E-state index is 0.0764. The van der Waals surface area contributed by atoms with Crippen LogP contribution in [-0.4, -0.2) is 40.5 Å². The molecule has 0 aliphatic carbocycles. The molecule has 1 unspecified atom stereocenters. The third-order valence-electron chi connectivity index (χ3n) is 3.68. The molecular weight excluding hydrogens is 301 g/mol. The van der Waals surface area contributed by atoms with E-state index in [1.807, 2.05) is 0 Å². The van der Waals surface area contributed by atoms with Crippen molar-refractivity contribution in [1.82, 2.24) is 4.90 Å². The summed E-state index contributed by atoms with van der Waals surface area (Å²) in [6.45, 7) is -0.256. The van der Waals surface area contributed by atoms with Crippen LogP contribution in [0.1, 0.15) is 28.8 Å². The number of carbonyl (C=O) groups excluding carboxylic acids is 2. The fourth-order valence-corrected chi connectivity index (χ4v) is 2.50. The number of halogens is 3. The van der Waals surface area contributed by atoms with Crippen LogP contribution >= 0.6 is 0 Å². The van der Waals surface area contributed by atoms with E-state index in [9.17, 15) is 27.9 Å². The number of hydrogen-bond acceptors (Lipinski definition) is 3. The van der Waals surface area contributed by atoms with E-state index < -0.39 is 41.3 Å². The normalized spacial score (nSPS) is 22.5. The Hall–Kier alpha value is -2.09. The first kappa shape index (κ1) is 16.3. The molecule has 5 nitrogen and oxygen atoms in total. The highest BCUT2D eigenvalue weighted by atomic mass is 19.4. The highest BCUT2D eigenvalue weighted by Crippen LogP contribution is 2.33. The molecule has 1 saturated heterocycles. The number of nitrogens with zero attached hydrogens (tertiary/aromatic N) is 1. The van der Waals surface area contributed by atoms with Crippen molar-refractivity contribution in [3.8, 4) is 0 Å². The average molecular weight is 316 g/mol. The zero-order valence-corrected chi connectivity index (χ0v) is 11.6. The van der Waals surface area contributed by atoms with Gasteiger partial charge in [0.2, 0.25) is 0 Å². The van der Waals surface area contributed by atoms with Gasteiger partial charge in [0.15, 0.2) is 5.60 Å². The lowest BCUT2D eigenvalue weighted by molar-refractivity contribution is -0.141. The molecule has 22 heavy (non-hydrogen) atoms. The second-order valence-electron chi connectivity index (χ2n) is 5.27. The van der Waals surface area contributed by atoms with E-state index in [1.165, 1.54) is 12.1 Å². The molecule has 1 aliphatic heterocycles.